The van der Waals surface area contributed by atoms with Crippen LogP contribution in [0.2, 0.25) is 0 Å². The summed E-state index contributed by atoms with van der Waals surface area (Å²) in [5, 5.41) is 8.70. The fraction of sp³-hybridized carbons (Fsp3) is 0.632. The normalized spacial score (nSPS) is 13.2. The largest absolute Gasteiger partial charge is 0.481 e. The number of carboxylic acids is 1. The number of hydrogen-bond donors (Lipinski definition) is 1. The molecule has 0 rings (SSSR count). The highest BCUT2D eigenvalue weighted by atomic mass is 16.5. The van der Waals surface area contributed by atoms with Gasteiger partial charge in [-0.15, -0.1) is 0 Å². The van der Waals surface area contributed by atoms with Crippen LogP contribution in [-0.2, 0) is 14.3 Å². The molecule has 1 unspecified atom stereocenters. The predicted molar refractivity (Wildman–Crippen MR) is 181 cm³/mol. The van der Waals surface area contributed by atoms with Crippen molar-refractivity contribution < 1.29 is 19.4 Å². The van der Waals surface area contributed by atoms with Crippen molar-refractivity contribution in [3.8, 4) is 0 Å². The third-order valence-corrected chi connectivity index (χ3v) is 6.96. The SMILES string of the molecule is CC/C=C\C/C=C\C/C=C\C/C=C\C/C=C\C/C=C\CCC(=O)OC(CCCCC)CCCCCCCCCC(=O)O. The van der Waals surface area contributed by atoms with E-state index >= 15 is 0 Å². The van der Waals surface area contributed by atoms with Gasteiger partial charge in [-0.2, -0.15) is 0 Å². The summed E-state index contributed by atoms with van der Waals surface area (Å²) in [5.74, 6) is -0.773. The van der Waals surface area contributed by atoms with Crippen LogP contribution in [0.5, 0.6) is 0 Å². The lowest BCUT2D eigenvalue weighted by atomic mass is 10.0. The Morgan fingerprint density at radius 1 is 0.548 bits per heavy atom. The van der Waals surface area contributed by atoms with Crippen molar-refractivity contribution in [2.75, 3.05) is 0 Å². The highest BCUT2D eigenvalue weighted by Crippen LogP contribution is 2.17. The summed E-state index contributed by atoms with van der Waals surface area (Å²) in [6, 6.07) is 0. The third kappa shape index (κ3) is 31.9. The number of carbonyl (C=O) groups excluding carboxylic acids is 1. The number of aliphatic carboxylic acids is 1. The van der Waals surface area contributed by atoms with Gasteiger partial charge in [0.05, 0.1) is 0 Å². The maximum Gasteiger partial charge on any atom is 0.306 e. The van der Waals surface area contributed by atoms with Gasteiger partial charge in [0, 0.05) is 12.8 Å². The van der Waals surface area contributed by atoms with Gasteiger partial charge >= 0.3 is 11.9 Å². The highest BCUT2D eigenvalue weighted by molar-refractivity contribution is 5.69. The van der Waals surface area contributed by atoms with Crippen molar-refractivity contribution in [1.82, 2.24) is 0 Å². The second kappa shape index (κ2) is 32.9. The van der Waals surface area contributed by atoms with Crippen molar-refractivity contribution in [1.29, 1.82) is 0 Å². The fourth-order valence-electron chi connectivity index (χ4n) is 4.50. The maximum atomic E-state index is 12.4. The van der Waals surface area contributed by atoms with E-state index in [0.29, 0.717) is 6.42 Å². The van der Waals surface area contributed by atoms with Gasteiger partial charge in [0.2, 0.25) is 0 Å². The minimum atomic E-state index is -0.698. The molecule has 0 saturated heterocycles. The average Bonchev–Trinajstić information content (AvgIpc) is 2.97. The van der Waals surface area contributed by atoms with Gasteiger partial charge in [-0.05, 0) is 77.0 Å². The summed E-state index contributed by atoms with van der Waals surface area (Å²) in [6.07, 6.45) is 46.6. The molecule has 0 amide bonds. The number of unbranched alkanes of at least 4 members (excludes halogenated alkanes) is 8. The highest BCUT2D eigenvalue weighted by Gasteiger charge is 2.13. The van der Waals surface area contributed by atoms with Crippen molar-refractivity contribution >= 4 is 11.9 Å². The predicted octanol–water partition coefficient (Wildman–Crippen LogP) is 11.6. The van der Waals surface area contributed by atoms with E-state index in [0.717, 1.165) is 103 Å². The molecule has 0 aromatic heterocycles. The van der Waals surface area contributed by atoms with E-state index in [2.05, 4.69) is 86.8 Å². The molecule has 0 heterocycles. The van der Waals surface area contributed by atoms with Crippen molar-refractivity contribution in [2.45, 2.75) is 155 Å². The van der Waals surface area contributed by atoms with Crippen LogP contribution < -0.4 is 0 Å². The van der Waals surface area contributed by atoms with E-state index < -0.39 is 5.97 Å². The standard InChI is InChI=1S/C38H62O4/c1-3-5-7-8-9-10-11-12-13-14-15-16-17-18-19-20-24-27-31-35-38(41)42-36(32-28-6-4-2)33-29-25-22-21-23-26-30-34-37(39)40/h5,7,9-10,12-13,15-16,18-19,24,27,36H,3-4,6,8,11,14,17,20-23,25-26,28-35H2,1-2H3,(H,39,40)/b7-5-,10-9-,13-12-,16-15-,19-18-,27-24-. The van der Waals surface area contributed by atoms with Gasteiger partial charge in [-0.1, -0.05) is 132 Å². The summed E-state index contributed by atoms with van der Waals surface area (Å²) in [4.78, 5) is 23.0. The lowest BCUT2D eigenvalue weighted by Gasteiger charge is -2.18. The second-order valence-electron chi connectivity index (χ2n) is 11.0. The molecule has 4 nitrogen and oxygen atoms in total. The molecule has 238 valence electrons. The van der Waals surface area contributed by atoms with Crippen LogP contribution in [0.1, 0.15) is 149 Å². The molecule has 1 N–H and O–H groups in total. The Kier molecular flexibility index (Phi) is 30.8. The zero-order valence-corrected chi connectivity index (χ0v) is 27.0. The van der Waals surface area contributed by atoms with Crippen LogP contribution in [0.3, 0.4) is 0 Å². The number of allylic oxidation sites excluding steroid dienone is 12. The van der Waals surface area contributed by atoms with E-state index in [1.807, 2.05) is 0 Å². The Bertz CT molecular complexity index is 800. The van der Waals surface area contributed by atoms with Gasteiger partial charge in [-0.3, -0.25) is 9.59 Å². The molecule has 42 heavy (non-hydrogen) atoms. The van der Waals surface area contributed by atoms with E-state index in [9.17, 15) is 9.59 Å². The zero-order valence-electron chi connectivity index (χ0n) is 27.0. The van der Waals surface area contributed by atoms with Gasteiger partial charge < -0.3 is 9.84 Å². The first-order valence-corrected chi connectivity index (χ1v) is 16.9. The maximum absolute atomic E-state index is 12.4. The quantitative estimate of drug-likeness (QED) is 0.0541. The van der Waals surface area contributed by atoms with Gasteiger partial charge in [-0.25, -0.2) is 0 Å². The zero-order chi connectivity index (χ0) is 30.8. The number of hydrogen-bond acceptors (Lipinski definition) is 3. The molecule has 0 aliphatic carbocycles. The monoisotopic (exact) mass is 582 g/mol. The fourth-order valence-corrected chi connectivity index (χ4v) is 4.50. The summed E-state index contributed by atoms with van der Waals surface area (Å²) in [7, 11) is 0. The first-order chi connectivity index (χ1) is 20.6. The summed E-state index contributed by atoms with van der Waals surface area (Å²) in [6.45, 7) is 4.35. The molecule has 4 heteroatoms. The molecule has 0 bridgehead atoms. The molecular weight excluding hydrogens is 520 g/mol. The minimum absolute atomic E-state index is 0.0462. The average molecular weight is 583 g/mol. The number of carboxylic acid groups (broad SMARTS) is 1. The molecule has 0 fully saturated rings. The minimum Gasteiger partial charge on any atom is -0.481 e. The lowest BCUT2D eigenvalue weighted by molar-refractivity contribution is -0.149. The molecule has 0 aromatic rings. The third-order valence-electron chi connectivity index (χ3n) is 6.96. The van der Waals surface area contributed by atoms with E-state index in [4.69, 9.17) is 9.84 Å². The first kappa shape index (κ1) is 39.4. The Morgan fingerprint density at radius 3 is 1.45 bits per heavy atom. The number of rotatable bonds is 29. The molecule has 0 radical (unpaired) electrons. The lowest BCUT2D eigenvalue weighted by Crippen LogP contribution is -2.18. The summed E-state index contributed by atoms with van der Waals surface area (Å²) in [5.41, 5.74) is 0. The number of carbonyl (C=O) groups is 2. The van der Waals surface area contributed by atoms with E-state index in [1.54, 1.807) is 0 Å². The van der Waals surface area contributed by atoms with Gasteiger partial charge in [0.1, 0.15) is 6.10 Å². The molecule has 0 aromatic carbocycles. The van der Waals surface area contributed by atoms with Gasteiger partial charge in [0.25, 0.3) is 0 Å². The Balaban J connectivity index is 3.96. The molecule has 0 spiro atoms. The van der Waals surface area contributed by atoms with Crippen LogP contribution >= 0.6 is 0 Å². The Labute approximate surface area is 258 Å². The molecule has 0 saturated carbocycles. The van der Waals surface area contributed by atoms with Crippen molar-refractivity contribution in [3.05, 3.63) is 72.9 Å². The van der Waals surface area contributed by atoms with Crippen LogP contribution in [0.15, 0.2) is 72.9 Å². The summed E-state index contributed by atoms with van der Waals surface area (Å²) >= 11 is 0. The second-order valence-corrected chi connectivity index (χ2v) is 11.0. The van der Waals surface area contributed by atoms with E-state index in [1.165, 1.54) is 19.3 Å². The van der Waals surface area contributed by atoms with Crippen molar-refractivity contribution in [3.63, 3.8) is 0 Å². The Morgan fingerprint density at radius 2 is 0.976 bits per heavy atom. The van der Waals surface area contributed by atoms with Crippen molar-refractivity contribution in [2.24, 2.45) is 0 Å². The first-order valence-electron chi connectivity index (χ1n) is 16.9. The van der Waals surface area contributed by atoms with Crippen LogP contribution in [0, 0.1) is 0 Å². The topological polar surface area (TPSA) is 63.6 Å². The Hall–Kier alpha value is -2.62. The molecule has 1 atom stereocenters. The molecule has 0 aliphatic heterocycles. The molecule has 0 aliphatic rings. The van der Waals surface area contributed by atoms with Crippen LogP contribution in [0.4, 0.5) is 0 Å². The molecular formula is C38H62O4. The van der Waals surface area contributed by atoms with Crippen LogP contribution in [0.25, 0.3) is 0 Å². The van der Waals surface area contributed by atoms with Gasteiger partial charge in [0.15, 0.2) is 0 Å². The number of ether oxygens (including phenoxy) is 1. The number of esters is 1. The summed E-state index contributed by atoms with van der Waals surface area (Å²) < 4.78 is 5.86. The van der Waals surface area contributed by atoms with Crippen LogP contribution in [-0.4, -0.2) is 23.1 Å². The smallest absolute Gasteiger partial charge is 0.306 e. The van der Waals surface area contributed by atoms with E-state index in [-0.39, 0.29) is 18.5 Å².